The van der Waals surface area contributed by atoms with Crippen molar-refractivity contribution in [2.75, 3.05) is 44.9 Å². The SMILES string of the molecule is O=C1CCC(N2C(=O)c3ccc(NCCCOCCCOCCOc4ccc(Oc5c(-c6ccc(Br)cc6)sc6cc(O)ccc56)cc4)cc3C2=O)C(=O)N1. The Hall–Kier alpha value is -5.28. The van der Waals surface area contributed by atoms with Gasteiger partial charge in [-0.3, -0.25) is 29.4 Å². The Morgan fingerprint density at radius 1 is 0.800 bits per heavy atom. The minimum atomic E-state index is -0.987. The maximum Gasteiger partial charge on any atom is 0.262 e. The lowest BCUT2D eigenvalue weighted by Gasteiger charge is -2.27. The number of nitrogens with one attached hydrogen (secondary N) is 2. The number of thiophene rings is 1. The maximum atomic E-state index is 13.0. The number of halogens is 1. The van der Waals surface area contributed by atoms with Crippen molar-refractivity contribution < 1.29 is 43.2 Å². The van der Waals surface area contributed by atoms with Gasteiger partial charge in [-0.05, 0) is 97.6 Å². The van der Waals surface area contributed by atoms with Gasteiger partial charge in [-0.15, -0.1) is 11.3 Å². The molecule has 12 nitrogen and oxygen atoms in total. The van der Waals surface area contributed by atoms with Crippen LogP contribution in [0.4, 0.5) is 5.69 Å². The Morgan fingerprint density at radius 3 is 2.31 bits per heavy atom. The average Bonchev–Trinajstić information content (AvgIpc) is 3.65. The van der Waals surface area contributed by atoms with Gasteiger partial charge in [-0.25, -0.2) is 0 Å². The number of imide groups is 2. The molecule has 1 atom stereocenters. The number of aromatic hydroxyl groups is 1. The van der Waals surface area contributed by atoms with E-state index < -0.39 is 29.7 Å². The second-order valence-corrected chi connectivity index (χ2v) is 14.9. The molecule has 4 aromatic carbocycles. The highest BCUT2D eigenvalue weighted by atomic mass is 79.9. The number of ether oxygens (including phenoxy) is 4. The number of hydrogen-bond acceptors (Lipinski definition) is 11. The third kappa shape index (κ3) is 9.00. The number of piperidine rings is 1. The van der Waals surface area contributed by atoms with Gasteiger partial charge in [0, 0.05) is 53.0 Å². The Balaban J connectivity index is 0.767. The number of amides is 4. The molecule has 1 aromatic heterocycles. The number of benzene rings is 4. The van der Waals surface area contributed by atoms with Gasteiger partial charge >= 0.3 is 0 Å². The van der Waals surface area contributed by atoms with E-state index in [2.05, 4.69) is 26.6 Å². The average molecular weight is 829 g/mol. The van der Waals surface area contributed by atoms with Gasteiger partial charge < -0.3 is 29.4 Å². The van der Waals surface area contributed by atoms with Crippen molar-refractivity contribution in [3.63, 3.8) is 0 Å². The van der Waals surface area contributed by atoms with E-state index in [1.807, 2.05) is 54.6 Å². The van der Waals surface area contributed by atoms with Crippen LogP contribution < -0.4 is 20.1 Å². The van der Waals surface area contributed by atoms with Crippen LogP contribution >= 0.6 is 27.3 Å². The van der Waals surface area contributed by atoms with Gasteiger partial charge in [0.1, 0.15) is 29.9 Å². The molecule has 5 aromatic rings. The van der Waals surface area contributed by atoms with E-state index in [0.717, 1.165) is 48.5 Å². The Morgan fingerprint density at radius 2 is 1.53 bits per heavy atom. The van der Waals surface area contributed by atoms with Crippen molar-refractivity contribution in [2.24, 2.45) is 0 Å². The molecule has 0 radical (unpaired) electrons. The molecule has 2 aliphatic heterocycles. The molecule has 0 spiro atoms. The summed E-state index contributed by atoms with van der Waals surface area (Å²) < 4.78 is 25.6. The predicted octanol–water partition coefficient (Wildman–Crippen LogP) is 7.53. The topological polar surface area (TPSA) is 153 Å². The zero-order valence-electron chi connectivity index (χ0n) is 29.7. The summed E-state index contributed by atoms with van der Waals surface area (Å²) >= 11 is 5.07. The summed E-state index contributed by atoms with van der Waals surface area (Å²) in [6, 6.07) is 24.7. The second-order valence-electron chi connectivity index (χ2n) is 12.9. The molecule has 7 rings (SSSR count). The van der Waals surface area contributed by atoms with E-state index >= 15 is 0 Å². The molecule has 55 heavy (non-hydrogen) atoms. The highest BCUT2D eigenvalue weighted by molar-refractivity contribution is 9.10. The smallest absolute Gasteiger partial charge is 0.262 e. The van der Waals surface area contributed by atoms with Gasteiger partial charge in [0.05, 0.1) is 22.6 Å². The lowest BCUT2D eigenvalue weighted by molar-refractivity contribution is -0.136. The summed E-state index contributed by atoms with van der Waals surface area (Å²) in [5, 5.41) is 16.4. The van der Waals surface area contributed by atoms with Crippen molar-refractivity contribution in [1.82, 2.24) is 10.2 Å². The number of phenols is 1. The van der Waals surface area contributed by atoms with E-state index in [1.165, 1.54) is 0 Å². The molecule has 284 valence electrons. The van der Waals surface area contributed by atoms with Crippen molar-refractivity contribution in [3.05, 3.63) is 101 Å². The van der Waals surface area contributed by atoms with Crippen LogP contribution in [0.15, 0.2) is 89.4 Å². The lowest BCUT2D eigenvalue weighted by Crippen LogP contribution is -2.54. The van der Waals surface area contributed by atoms with E-state index in [-0.39, 0.29) is 29.7 Å². The first-order valence-corrected chi connectivity index (χ1v) is 19.5. The van der Waals surface area contributed by atoms with Gasteiger partial charge in [-0.1, -0.05) is 28.1 Å². The number of carbonyl (C=O) groups excluding carboxylic acids is 4. The molecule has 4 amide bonds. The van der Waals surface area contributed by atoms with E-state index in [1.54, 1.807) is 41.7 Å². The first kappa shape index (κ1) is 38.0. The van der Waals surface area contributed by atoms with E-state index in [4.69, 9.17) is 18.9 Å². The first-order chi connectivity index (χ1) is 26.7. The van der Waals surface area contributed by atoms with Gasteiger partial charge in [-0.2, -0.15) is 0 Å². The molecule has 0 bridgehead atoms. The molecule has 14 heteroatoms. The van der Waals surface area contributed by atoms with Crippen molar-refractivity contribution in [2.45, 2.75) is 31.7 Å². The highest BCUT2D eigenvalue weighted by Crippen LogP contribution is 2.47. The largest absolute Gasteiger partial charge is 0.508 e. The standard InChI is InChI=1S/C41H38BrN3O9S/c42-26-5-3-25(4-6-26)38-37(32-14-8-28(46)24-35(32)55-38)54-30-11-9-29(10-12-30)53-22-21-52-20-2-19-51-18-1-17-43-27-7-13-31-33(23-27)41(50)45(40(31)49)34-15-16-36(47)44-39(34)48/h3-14,23-24,34,43,46H,1-2,15-22H2,(H,44,47,48). The van der Waals surface area contributed by atoms with Gasteiger partial charge in [0.2, 0.25) is 11.8 Å². The fourth-order valence-electron chi connectivity index (χ4n) is 6.35. The Bertz CT molecular complexity index is 2210. The lowest BCUT2D eigenvalue weighted by atomic mass is 10.0. The molecule has 1 saturated heterocycles. The zero-order valence-corrected chi connectivity index (χ0v) is 32.1. The number of carbonyl (C=O) groups is 4. The molecule has 0 saturated carbocycles. The van der Waals surface area contributed by atoms with Crippen LogP contribution in [0.1, 0.15) is 46.4 Å². The van der Waals surface area contributed by atoms with Crippen LogP contribution in [0.2, 0.25) is 0 Å². The minimum absolute atomic E-state index is 0.0781. The third-order valence-electron chi connectivity index (χ3n) is 9.09. The van der Waals surface area contributed by atoms with E-state index in [0.29, 0.717) is 56.8 Å². The summed E-state index contributed by atoms with van der Waals surface area (Å²) in [5.74, 6) is 0.226. The number of rotatable bonds is 17. The monoisotopic (exact) mass is 827 g/mol. The van der Waals surface area contributed by atoms with Crippen molar-refractivity contribution in [3.8, 4) is 33.4 Å². The maximum absolute atomic E-state index is 13.0. The summed E-state index contributed by atoms with van der Waals surface area (Å²) in [5.41, 5.74) is 2.20. The minimum Gasteiger partial charge on any atom is -0.508 e. The zero-order chi connectivity index (χ0) is 38.3. The molecule has 1 fully saturated rings. The molecule has 1 unspecified atom stereocenters. The summed E-state index contributed by atoms with van der Waals surface area (Å²) in [4.78, 5) is 51.6. The first-order valence-electron chi connectivity index (χ1n) is 17.9. The second kappa shape index (κ2) is 17.5. The highest BCUT2D eigenvalue weighted by Gasteiger charge is 2.44. The Kier molecular flexibility index (Phi) is 12.1. The third-order valence-corrected chi connectivity index (χ3v) is 10.8. The number of nitrogens with zero attached hydrogens (tertiary/aromatic N) is 1. The normalized spacial score (nSPS) is 15.4. The fourth-order valence-corrected chi connectivity index (χ4v) is 7.78. The predicted molar refractivity (Wildman–Crippen MR) is 211 cm³/mol. The molecule has 0 aliphatic carbocycles. The van der Waals surface area contributed by atoms with Crippen LogP contribution in [0.3, 0.4) is 0 Å². The van der Waals surface area contributed by atoms with E-state index in [9.17, 15) is 24.3 Å². The molecule has 3 heterocycles. The summed E-state index contributed by atoms with van der Waals surface area (Å²) in [6.45, 7) is 3.07. The molecular weight excluding hydrogens is 790 g/mol. The quantitative estimate of drug-likeness (QED) is 0.0634. The Labute approximate surface area is 329 Å². The van der Waals surface area contributed by atoms with Crippen LogP contribution in [-0.4, -0.2) is 79.3 Å². The van der Waals surface area contributed by atoms with Crippen LogP contribution in [0.5, 0.6) is 23.0 Å². The number of phenolic OH excluding ortho intramolecular Hbond substituents is 1. The van der Waals surface area contributed by atoms with Crippen LogP contribution in [-0.2, 0) is 19.1 Å². The fraction of sp³-hybridized carbons (Fsp3) is 0.268. The summed E-state index contributed by atoms with van der Waals surface area (Å²) in [7, 11) is 0. The summed E-state index contributed by atoms with van der Waals surface area (Å²) in [6.07, 6.45) is 1.66. The van der Waals surface area contributed by atoms with Crippen molar-refractivity contribution in [1.29, 1.82) is 0 Å². The molecule has 3 N–H and O–H groups in total. The van der Waals surface area contributed by atoms with Crippen LogP contribution in [0, 0.1) is 0 Å². The number of anilines is 1. The van der Waals surface area contributed by atoms with Crippen LogP contribution in [0.25, 0.3) is 20.5 Å². The van der Waals surface area contributed by atoms with Crippen molar-refractivity contribution >= 4 is 66.7 Å². The molecular formula is C41H38BrN3O9S. The molecule has 2 aliphatic rings. The number of hydrogen-bond donors (Lipinski definition) is 3. The number of fused-ring (bicyclic) bond motifs is 2. The van der Waals surface area contributed by atoms with Gasteiger partial charge in [0.15, 0.2) is 5.75 Å². The van der Waals surface area contributed by atoms with Gasteiger partial charge in [0.25, 0.3) is 11.8 Å².